The van der Waals surface area contributed by atoms with Gasteiger partial charge in [-0.3, -0.25) is 0 Å². The van der Waals surface area contributed by atoms with Crippen LogP contribution in [-0.4, -0.2) is 57.1 Å². The third kappa shape index (κ3) is 2.94. The van der Waals surface area contributed by atoms with Gasteiger partial charge in [-0.05, 0) is 18.1 Å². The van der Waals surface area contributed by atoms with Crippen molar-refractivity contribution in [3.8, 4) is 0 Å². The molecule has 124 valence electrons. The van der Waals surface area contributed by atoms with E-state index < -0.39 is 36.7 Å². The number of carbonyl (C=O) groups is 1. The number of aliphatic hydroxyl groups is 3. The van der Waals surface area contributed by atoms with Crippen molar-refractivity contribution in [2.75, 3.05) is 5.06 Å². The van der Waals surface area contributed by atoms with Gasteiger partial charge in [0, 0.05) is 6.20 Å². The van der Waals surface area contributed by atoms with Crippen molar-refractivity contribution in [2.45, 2.75) is 37.1 Å². The molecule has 0 bridgehead atoms. The lowest BCUT2D eigenvalue weighted by atomic mass is 9.99. The second-order valence-electron chi connectivity index (χ2n) is 5.38. The minimum Gasteiger partial charge on any atom is -0.479 e. The monoisotopic (exact) mass is 323 g/mol. The molecule has 1 aromatic rings. The number of allylic oxidation sites excluding steroid dienone is 1. The average molecular weight is 323 g/mol. The van der Waals surface area contributed by atoms with Gasteiger partial charge >= 0.3 is 5.97 Å². The number of rotatable bonds is 3. The number of hydrogen-bond donors (Lipinski definition) is 4. The summed E-state index contributed by atoms with van der Waals surface area (Å²) >= 11 is 0. The minimum absolute atomic E-state index is 0.712. The summed E-state index contributed by atoms with van der Waals surface area (Å²) < 4.78 is 5.10. The number of aliphatic hydroxyl groups excluding tert-OH is 3. The molecule has 0 spiro atoms. The van der Waals surface area contributed by atoms with Gasteiger partial charge in [0.2, 0.25) is 6.29 Å². The lowest BCUT2D eigenvalue weighted by Gasteiger charge is -2.40. The molecule has 8 heteroatoms. The molecule has 0 amide bonds. The molecule has 1 aromatic carbocycles. The van der Waals surface area contributed by atoms with Gasteiger partial charge in [-0.2, -0.15) is 0 Å². The van der Waals surface area contributed by atoms with E-state index in [2.05, 4.69) is 0 Å². The molecule has 1 saturated heterocycles. The van der Waals surface area contributed by atoms with Gasteiger partial charge in [-0.1, -0.05) is 24.3 Å². The van der Waals surface area contributed by atoms with E-state index in [9.17, 15) is 20.1 Å². The van der Waals surface area contributed by atoms with Crippen LogP contribution in [0, 0.1) is 0 Å². The van der Waals surface area contributed by atoms with Crippen molar-refractivity contribution < 1.29 is 34.8 Å². The average Bonchev–Trinajstić information content (AvgIpc) is 2.55. The normalized spacial score (nSPS) is 33.3. The summed E-state index contributed by atoms with van der Waals surface area (Å²) in [6, 6.07) is 7.40. The van der Waals surface area contributed by atoms with Crippen LogP contribution in [0.5, 0.6) is 0 Å². The Morgan fingerprint density at radius 2 is 1.91 bits per heavy atom. The van der Waals surface area contributed by atoms with Crippen molar-refractivity contribution >= 4 is 11.7 Å². The molecule has 2 aliphatic heterocycles. The highest BCUT2D eigenvalue weighted by Gasteiger charge is 2.48. The summed E-state index contributed by atoms with van der Waals surface area (Å²) in [4.78, 5) is 16.6. The summed E-state index contributed by atoms with van der Waals surface area (Å²) in [6.07, 6.45) is -4.01. The number of hydrogen-bond acceptors (Lipinski definition) is 7. The zero-order valence-electron chi connectivity index (χ0n) is 12.0. The van der Waals surface area contributed by atoms with Crippen molar-refractivity contribution in [3.63, 3.8) is 0 Å². The Morgan fingerprint density at radius 1 is 1.17 bits per heavy atom. The maximum atomic E-state index is 11.1. The maximum Gasteiger partial charge on any atom is 0.335 e. The van der Waals surface area contributed by atoms with Crippen LogP contribution in [0.25, 0.3) is 0 Å². The minimum atomic E-state index is -1.74. The quantitative estimate of drug-likeness (QED) is 0.581. The van der Waals surface area contributed by atoms with E-state index in [1.54, 1.807) is 12.3 Å². The van der Waals surface area contributed by atoms with Gasteiger partial charge in [-0.15, -0.1) is 0 Å². The third-order valence-electron chi connectivity index (χ3n) is 3.84. The highest BCUT2D eigenvalue weighted by Crippen LogP contribution is 2.29. The van der Waals surface area contributed by atoms with Gasteiger partial charge in [0.25, 0.3) is 0 Å². The SMILES string of the molecule is O=C(O)[C@H]1OC(ON2C=CCc3ccccc32)[C@H](O)[C@@H](O)[C@@H]1O. The van der Waals surface area contributed by atoms with Crippen LogP contribution in [0.15, 0.2) is 36.5 Å². The van der Waals surface area contributed by atoms with Crippen LogP contribution < -0.4 is 5.06 Å². The molecule has 3 rings (SSSR count). The standard InChI is InChI=1S/C15H17NO7/c17-10-11(18)13(14(20)21)22-15(12(10)19)23-16-7-3-5-8-4-1-2-6-9(8)16/h1-4,6-7,10-13,15,17-19H,5H2,(H,20,21)/t10-,11-,12+,13-,15?/m0/s1. The first-order valence-corrected chi connectivity index (χ1v) is 7.12. The number of carboxylic acids is 1. The van der Waals surface area contributed by atoms with Gasteiger partial charge in [0.05, 0.1) is 5.69 Å². The van der Waals surface area contributed by atoms with E-state index in [0.29, 0.717) is 6.42 Å². The van der Waals surface area contributed by atoms with Crippen molar-refractivity contribution in [1.29, 1.82) is 0 Å². The van der Waals surface area contributed by atoms with Gasteiger partial charge in [0.15, 0.2) is 6.10 Å². The topological polar surface area (TPSA) is 120 Å². The third-order valence-corrected chi connectivity index (χ3v) is 3.84. The molecule has 5 atom stereocenters. The summed E-state index contributed by atoms with van der Waals surface area (Å²) in [5, 5.41) is 39.8. The molecule has 1 unspecified atom stereocenters. The number of para-hydroxylation sites is 1. The van der Waals surface area contributed by atoms with Crippen LogP contribution in [0.1, 0.15) is 5.56 Å². The Hall–Kier alpha value is -1.97. The highest BCUT2D eigenvalue weighted by atomic mass is 16.8. The number of ether oxygens (including phenoxy) is 1. The molecule has 23 heavy (non-hydrogen) atoms. The fourth-order valence-corrected chi connectivity index (χ4v) is 2.60. The molecule has 0 aromatic heterocycles. The molecule has 1 fully saturated rings. The molecule has 8 nitrogen and oxygen atoms in total. The second kappa shape index (κ2) is 6.26. The van der Waals surface area contributed by atoms with Crippen molar-refractivity contribution in [2.24, 2.45) is 0 Å². The first kappa shape index (κ1) is 15.9. The van der Waals surface area contributed by atoms with Crippen molar-refractivity contribution in [1.82, 2.24) is 0 Å². The Balaban J connectivity index is 1.80. The van der Waals surface area contributed by atoms with Crippen LogP contribution >= 0.6 is 0 Å². The summed E-state index contributed by atoms with van der Waals surface area (Å²) in [5.74, 6) is -1.45. The fraction of sp³-hybridized carbons (Fsp3) is 0.400. The smallest absolute Gasteiger partial charge is 0.335 e. The Morgan fingerprint density at radius 3 is 2.65 bits per heavy atom. The first-order valence-electron chi connectivity index (χ1n) is 7.12. The first-order chi connectivity index (χ1) is 11.0. The number of nitrogens with zero attached hydrogens (tertiary/aromatic N) is 1. The lowest BCUT2D eigenvalue weighted by molar-refractivity contribution is -0.295. The summed E-state index contributed by atoms with van der Waals surface area (Å²) in [5.41, 5.74) is 1.70. The van der Waals surface area contributed by atoms with Crippen molar-refractivity contribution in [3.05, 3.63) is 42.1 Å². The maximum absolute atomic E-state index is 11.1. The Labute approximate surface area is 131 Å². The second-order valence-corrected chi connectivity index (χ2v) is 5.38. The van der Waals surface area contributed by atoms with Gasteiger partial charge in [0.1, 0.15) is 18.3 Å². The highest BCUT2D eigenvalue weighted by molar-refractivity contribution is 5.73. The molecule has 2 heterocycles. The molecular formula is C15H17NO7. The van der Waals surface area contributed by atoms with Crippen LogP contribution in [0.2, 0.25) is 0 Å². The number of anilines is 1. The molecule has 0 aliphatic carbocycles. The van der Waals surface area contributed by atoms with E-state index in [-0.39, 0.29) is 0 Å². The Bertz CT molecular complexity index is 620. The van der Waals surface area contributed by atoms with Crippen LogP contribution in [0.3, 0.4) is 0 Å². The lowest BCUT2D eigenvalue weighted by Crippen LogP contribution is -2.61. The zero-order valence-corrected chi connectivity index (χ0v) is 12.0. The van der Waals surface area contributed by atoms with Gasteiger partial charge < -0.3 is 25.2 Å². The predicted octanol–water partition coefficient (Wildman–Crippen LogP) is -0.613. The van der Waals surface area contributed by atoms with E-state index >= 15 is 0 Å². The number of aliphatic carboxylic acids is 1. The molecular weight excluding hydrogens is 306 g/mol. The summed E-state index contributed by atoms with van der Waals surface area (Å²) in [6.45, 7) is 0. The number of hydroxylamine groups is 1. The van der Waals surface area contributed by atoms with Crippen LogP contribution in [-0.2, 0) is 20.8 Å². The zero-order chi connectivity index (χ0) is 16.6. The van der Waals surface area contributed by atoms with Gasteiger partial charge in [-0.25, -0.2) is 14.7 Å². The number of fused-ring (bicyclic) bond motifs is 1. The van der Waals surface area contributed by atoms with E-state index in [1.165, 1.54) is 5.06 Å². The Kier molecular flexibility index (Phi) is 4.33. The van der Waals surface area contributed by atoms with Crippen LogP contribution in [0.4, 0.5) is 5.69 Å². The molecule has 4 N–H and O–H groups in total. The molecule has 2 aliphatic rings. The predicted molar refractivity (Wildman–Crippen MR) is 77.2 cm³/mol. The fourth-order valence-electron chi connectivity index (χ4n) is 2.60. The summed E-state index contributed by atoms with van der Waals surface area (Å²) in [7, 11) is 0. The molecule has 0 radical (unpaired) electrons. The molecule has 0 saturated carbocycles. The number of benzene rings is 1. The number of carboxylic acid groups (broad SMARTS) is 1. The van der Waals surface area contributed by atoms with E-state index in [1.807, 2.05) is 24.3 Å². The van der Waals surface area contributed by atoms with E-state index in [0.717, 1.165) is 11.3 Å². The largest absolute Gasteiger partial charge is 0.479 e. The van der Waals surface area contributed by atoms with E-state index in [4.69, 9.17) is 14.7 Å².